The molecule has 3 rings (SSSR count). The fourth-order valence-corrected chi connectivity index (χ4v) is 1.83. The highest BCUT2D eigenvalue weighted by atomic mass is 16.5. The lowest BCUT2D eigenvalue weighted by atomic mass is 10.1. The van der Waals surface area contributed by atoms with E-state index >= 15 is 0 Å². The fraction of sp³-hybridized carbons (Fsp3) is 0.0833. The van der Waals surface area contributed by atoms with Gasteiger partial charge in [-0.2, -0.15) is 0 Å². The lowest BCUT2D eigenvalue weighted by molar-refractivity contribution is 0.415. The van der Waals surface area contributed by atoms with Gasteiger partial charge in [-0.25, -0.2) is 4.98 Å². The van der Waals surface area contributed by atoms with Crippen LogP contribution >= 0.6 is 0 Å². The van der Waals surface area contributed by atoms with Crippen LogP contribution in [0, 0.1) is 0 Å². The van der Waals surface area contributed by atoms with Crippen LogP contribution in [0.3, 0.4) is 0 Å². The predicted octanol–water partition coefficient (Wildman–Crippen LogP) is 2.68. The number of nitrogens with zero attached hydrogens (tertiary/aromatic N) is 1. The third kappa shape index (κ3) is 1.16. The molecule has 74 valence electrons. The van der Waals surface area contributed by atoms with E-state index in [0.717, 1.165) is 27.9 Å². The van der Waals surface area contributed by atoms with Crippen LogP contribution in [0.4, 0.5) is 0 Å². The molecule has 0 aliphatic carbocycles. The largest absolute Gasteiger partial charge is 0.497 e. The maximum absolute atomic E-state index is 5.20. The van der Waals surface area contributed by atoms with Crippen LogP contribution < -0.4 is 4.74 Å². The Kier molecular flexibility index (Phi) is 1.65. The summed E-state index contributed by atoms with van der Waals surface area (Å²) in [4.78, 5) is 7.53. The summed E-state index contributed by atoms with van der Waals surface area (Å²) in [5, 5.41) is 1.14. The first-order valence-electron chi connectivity index (χ1n) is 4.79. The normalized spacial score (nSPS) is 11.0. The second kappa shape index (κ2) is 2.98. The highest BCUT2D eigenvalue weighted by molar-refractivity contribution is 5.97. The van der Waals surface area contributed by atoms with E-state index in [9.17, 15) is 0 Å². The van der Waals surface area contributed by atoms with E-state index in [2.05, 4.69) is 9.97 Å². The van der Waals surface area contributed by atoms with Gasteiger partial charge in [0.15, 0.2) is 0 Å². The van der Waals surface area contributed by atoms with Gasteiger partial charge in [0.25, 0.3) is 0 Å². The molecule has 0 spiro atoms. The van der Waals surface area contributed by atoms with Gasteiger partial charge in [-0.3, -0.25) is 0 Å². The molecule has 15 heavy (non-hydrogen) atoms. The fourth-order valence-electron chi connectivity index (χ4n) is 1.83. The number of rotatable bonds is 1. The van der Waals surface area contributed by atoms with Crippen molar-refractivity contribution in [3.05, 3.63) is 36.7 Å². The van der Waals surface area contributed by atoms with Crippen LogP contribution in [0.25, 0.3) is 22.2 Å². The number of aromatic nitrogens is 2. The molecule has 1 aromatic carbocycles. The van der Waals surface area contributed by atoms with Gasteiger partial charge >= 0.3 is 0 Å². The lowest BCUT2D eigenvalue weighted by Gasteiger charge is -1.99. The molecular weight excluding hydrogens is 188 g/mol. The number of hydrogen-bond donors (Lipinski definition) is 1. The van der Waals surface area contributed by atoms with Crippen LogP contribution in [0.2, 0.25) is 0 Å². The standard InChI is InChI=1S/C12H10N2O/c1-15-8-2-3-11-10(6-8)9-4-5-13-7-12(9)14-11/h2-7,13H,1H3. The van der Waals surface area contributed by atoms with Gasteiger partial charge in [0.05, 0.1) is 18.3 Å². The van der Waals surface area contributed by atoms with Crippen molar-refractivity contribution in [1.82, 2.24) is 9.97 Å². The molecule has 3 nitrogen and oxygen atoms in total. The molecule has 0 saturated heterocycles. The Balaban J connectivity index is 2.40. The van der Waals surface area contributed by atoms with E-state index in [0.29, 0.717) is 0 Å². The number of H-pyrrole nitrogens is 1. The maximum Gasteiger partial charge on any atom is 0.119 e. The van der Waals surface area contributed by atoms with Gasteiger partial charge in [-0.15, -0.1) is 0 Å². The monoisotopic (exact) mass is 198 g/mol. The summed E-state index contributed by atoms with van der Waals surface area (Å²) in [5.41, 5.74) is 3.15. The molecule has 0 bridgehead atoms. The SMILES string of the molecule is COc1ccc2nc3c[nH]ccc-3c2c1. The minimum Gasteiger partial charge on any atom is -0.497 e. The van der Waals surface area contributed by atoms with E-state index in [4.69, 9.17) is 4.74 Å². The van der Waals surface area contributed by atoms with E-state index in [1.165, 1.54) is 0 Å². The van der Waals surface area contributed by atoms with Crippen molar-refractivity contribution in [2.24, 2.45) is 0 Å². The molecule has 0 fully saturated rings. The van der Waals surface area contributed by atoms with E-state index in [1.807, 2.05) is 36.7 Å². The minimum atomic E-state index is 0.865. The van der Waals surface area contributed by atoms with Crippen molar-refractivity contribution in [3.8, 4) is 17.0 Å². The Morgan fingerprint density at radius 3 is 3.07 bits per heavy atom. The molecule has 0 radical (unpaired) electrons. The number of methoxy groups -OCH3 is 1. The summed E-state index contributed by atoms with van der Waals surface area (Å²) in [6.45, 7) is 0. The minimum absolute atomic E-state index is 0.865. The number of fused-ring (bicyclic) bond motifs is 3. The maximum atomic E-state index is 5.20. The second-order valence-electron chi connectivity index (χ2n) is 3.44. The molecule has 2 aliphatic rings. The van der Waals surface area contributed by atoms with Crippen molar-refractivity contribution < 1.29 is 4.74 Å². The number of pyridine rings is 1. The number of benzene rings is 1. The molecule has 0 aromatic heterocycles. The van der Waals surface area contributed by atoms with Crippen molar-refractivity contribution in [2.45, 2.75) is 0 Å². The van der Waals surface area contributed by atoms with Crippen LogP contribution in [0.1, 0.15) is 0 Å². The van der Waals surface area contributed by atoms with Gasteiger partial charge in [-0.1, -0.05) is 0 Å². The van der Waals surface area contributed by atoms with Crippen LogP contribution in [-0.2, 0) is 0 Å². The lowest BCUT2D eigenvalue weighted by Crippen LogP contribution is -1.81. The molecule has 0 unspecified atom stereocenters. The van der Waals surface area contributed by atoms with Crippen LogP contribution in [0.5, 0.6) is 5.75 Å². The Morgan fingerprint density at radius 2 is 2.20 bits per heavy atom. The number of hydrogen-bond acceptors (Lipinski definition) is 2. The molecule has 0 saturated carbocycles. The van der Waals surface area contributed by atoms with Crippen molar-refractivity contribution in [2.75, 3.05) is 7.11 Å². The summed E-state index contributed by atoms with van der Waals surface area (Å²) in [5.74, 6) is 0.865. The Hall–Kier alpha value is -2.03. The highest BCUT2D eigenvalue weighted by Crippen LogP contribution is 2.32. The molecule has 3 heteroatoms. The number of ether oxygens (including phenoxy) is 1. The Labute approximate surface area is 87.1 Å². The molecule has 2 aliphatic heterocycles. The third-order valence-electron chi connectivity index (χ3n) is 2.58. The summed E-state index contributed by atoms with van der Waals surface area (Å²) < 4.78 is 5.20. The Morgan fingerprint density at radius 1 is 1.27 bits per heavy atom. The zero-order chi connectivity index (χ0) is 10.3. The van der Waals surface area contributed by atoms with Gasteiger partial charge in [-0.05, 0) is 24.3 Å². The van der Waals surface area contributed by atoms with Gasteiger partial charge < -0.3 is 9.72 Å². The molecule has 1 N–H and O–H groups in total. The average Bonchev–Trinajstić information content (AvgIpc) is 2.66. The zero-order valence-corrected chi connectivity index (χ0v) is 8.32. The van der Waals surface area contributed by atoms with Gasteiger partial charge in [0.2, 0.25) is 0 Å². The van der Waals surface area contributed by atoms with E-state index in [-0.39, 0.29) is 0 Å². The predicted molar refractivity (Wildman–Crippen MR) is 59.3 cm³/mol. The van der Waals surface area contributed by atoms with Gasteiger partial charge in [0.1, 0.15) is 5.75 Å². The smallest absolute Gasteiger partial charge is 0.119 e. The zero-order valence-electron chi connectivity index (χ0n) is 8.32. The summed E-state index contributed by atoms with van der Waals surface area (Å²) >= 11 is 0. The summed E-state index contributed by atoms with van der Waals surface area (Å²) in [6, 6.07) is 7.96. The number of nitrogens with one attached hydrogen (secondary N) is 1. The van der Waals surface area contributed by atoms with Crippen molar-refractivity contribution >= 4 is 10.9 Å². The van der Waals surface area contributed by atoms with Crippen molar-refractivity contribution in [1.29, 1.82) is 0 Å². The third-order valence-corrected chi connectivity index (χ3v) is 2.58. The average molecular weight is 198 g/mol. The first-order valence-corrected chi connectivity index (χ1v) is 4.79. The second-order valence-corrected chi connectivity index (χ2v) is 3.44. The van der Waals surface area contributed by atoms with Gasteiger partial charge in [0, 0.05) is 23.3 Å². The Bertz CT molecular complexity index is 585. The van der Waals surface area contributed by atoms with E-state index in [1.54, 1.807) is 7.11 Å². The van der Waals surface area contributed by atoms with E-state index < -0.39 is 0 Å². The molecule has 1 aromatic rings. The topological polar surface area (TPSA) is 37.9 Å². The molecule has 0 atom stereocenters. The quantitative estimate of drug-likeness (QED) is 0.652. The van der Waals surface area contributed by atoms with Crippen molar-refractivity contribution in [3.63, 3.8) is 0 Å². The van der Waals surface area contributed by atoms with Crippen LogP contribution in [0.15, 0.2) is 36.7 Å². The molecule has 0 amide bonds. The van der Waals surface area contributed by atoms with Crippen LogP contribution in [-0.4, -0.2) is 17.1 Å². The summed E-state index contributed by atoms with van der Waals surface area (Å²) in [7, 11) is 1.67. The highest BCUT2D eigenvalue weighted by Gasteiger charge is 2.10. The molecular formula is C12H10N2O. The first kappa shape index (κ1) is 8.29. The summed E-state index contributed by atoms with van der Waals surface area (Å²) in [6.07, 6.45) is 3.81. The first-order chi connectivity index (χ1) is 7.38. The number of aromatic amines is 1. The molecule has 2 heterocycles.